The number of nitrogens with zero attached hydrogens (tertiary/aromatic N) is 2. The van der Waals surface area contributed by atoms with Crippen LogP contribution in [-0.2, 0) is 19.6 Å². The van der Waals surface area contributed by atoms with Crippen LogP contribution in [0.25, 0.3) is 0 Å². The number of likely N-dealkylation sites (tertiary alicyclic amines) is 1. The third-order valence-corrected chi connectivity index (χ3v) is 8.74. The summed E-state index contributed by atoms with van der Waals surface area (Å²) in [5.74, 6) is 0.0105. The van der Waals surface area contributed by atoms with Gasteiger partial charge in [-0.3, -0.25) is 9.59 Å². The molecule has 1 aromatic rings. The third kappa shape index (κ3) is 4.93. The first-order valence-electron chi connectivity index (χ1n) is 10.0. The monoisotopic (exact) mass is 427 g/mol. The van der Waals surface area contributed by atoms with Crippen molar-refractivity contribution in [1.82, 2.24) is 14.5 Å². The van der Waals surface area contributed by atoms with Crippen LogP contribution in [0.15, 0.2) is 21.7 Å². The fraction of sp³-hybridized carbons (Fsp3) is 0.684. The average Bonchev–Trinajstić information content (AvgIpc) is 3.24. The standard InChI is InChI=1S/C19H29N3O4S2/c1-2-5-17(23)20-16-6-3-10-21(14-16)19(24)15-8-11-22(12-9-15)28(25,26)18-7-4-13-27-18/h4,7,13,15-16H,2-3,5-6,8-12,14H2,1H3,(H,20,23). The number of piperidine rings is 2. The number of carbonyl (C=O) groups excluding carboxylic acids is 2. The van der Waals surface area contributed by atoms with Gasteiger partial charge in [0.25, 0.3) is 10.0 Å². The van der Waals surface area contributed by atoms with Crippen LogP contribution >= 0.6 is 11.3 Å². The fourth-order valence-corrected chi connectivity index (χ4v) is 6.58. The van der Waals surface area contributed by atoms with Gasteiger partial charge in [0, 0.05) is 44.6 Å². The molecule has 1 unspecified atom stereocenters. The summed E-state index contributed by atoms with van der Waals surface area (Å²) in [5.41, 5.74) is 0. The maximum absolute atomic E-state index is 12.9. The number of sulfonamides is 1. The molecule has 3 rings (SSSR count). The van der Waals surface area contributed by atoms with E-state index in [-0.39, 0.29) is 23.8 Å². The van der Waals surface area contributed by atoms with Crippen LogP contribution in [0.5, 0.6) is 0 Å². The van der Waals surface area contributed by atoms with Crippen molar-refractivity contribution in [2.75, 3.05) is 26.2 Å². The number of carbonyl (C=O) groups is 2. The Balaban J connectivity index is 1.53. The first-order chi connectivity index (χ1) is 13.4. The molecule has 0 radical (unpaired) electrons. The van der Waals surface area contributed by atoms with Gasteiger partial charge in [0.05, 0.1) is 0 Å². The smallest absolute Gasteiger partial charge is 0.252 e. The van der Waals surface area contributed by atoms with Crippen molar-refractivity contribution in [3.63, 3.8) is 0 Å². The second-order valence-electron chi connectivity index (χ2n) is 7.55. The predicted octanol–water partition coefficient (Wildman–Crippen LogP) is 2.06. The molecule has 7 nitrogen and oxygen atoms in total. The van der Waals surface area contributed by atoms with Crippen molar-refractivity contribution in [2.24, 2.45) is 5.92 Å². The highest BCUT2D eigenvalue weighted by atomic mass is 32.2. The number of thiophene rings is 1. The van der Waals surface area contributed by atoms with E-state index in [1.165, 1.54) is 15.6 Å². The molecule has 0 aliphatic carbocycles. The van der Waals surface area contributed by atoms with Crippen molar-refractivity contribution in [2.45, 2.75) is 55.7 Å². The second-order valence-corrected chi connectivity index (χ2v) is 10.7. The van der Waals surface area contributed by atoms with Gasteiger partial charge in [0.15, 0.2) is 0 Å². The molecule has 28 heavy (non-hydrogen) atoms. The molecule has 2 aliphatic heterocycles. The molecule has 9 heteroatoms. The molecule has 1 N–H and O–H groups in total. The Labute approximate surface area is 171 Å². The Bertz CT molecular complexity index is 771. The maximum atomic E-state index is 12.9. The summed E-state index contributed by atoms with van der Waals surface area (Å²) in [7, 11) is -3.44. The third-order valence-electron chi connectivity index (χ3n) is 5.47. The van der Waals surface area contributed by atoms with E-state index in [0.29, 0.717) is 49.7 Å². The van der Waals surface area contributed by atoms with E-state index >= 15 is 0 Å². The van der Waals surface area contributed by atoms with Gasteiger partial charge in [-0.25, -0.2) is 8.42 Å². The summed E-state index contributed by atoms with van der Waals surface area (Å²) in [6.45, 7) is 4.00. The largest absolute Gasteiger partial charge is 0.352 e. The van der Waals surface area contributed by atoms with Crippen molar-refractivity contribution < 1.29 is 18.0 Å². The molecule has 0 spiro atoms. The number of amides is 2. The topological polar surface area (TPSA) is 86.8 Å². The summed E-state index contributed by atoms with van der Waals surface area (Å²) in [6, 6.07) is 3.38. The first kappa shape index (κ1) is 21.3. The molecule has 1 atom stereocenters. The lowest BCUT2D eigenvalue weighted by Gasteiger charge is -2.37. The van der Waals surface area contributed by atoms with Crippen LogP contribution < -0.4 is 5.32 Å². The van der Waals surface area contributed by atoms with Gasteiger partial charge in [0.2, 0.25) is 11.8 Å². The van der Waals surface area contributed by atoms with E-state index in [1.807, 2.05) is 11.8 Å². The summed E-state index contributed by atoms with van der Waals surface area (Å²) in [5, 5.41) is 4.79. The normalized spacial score (nSPS) is 22.2. The quantitative estimate of drug-likeness (QED) is 0.753. The van der Waals surface area contributed by atoms with Crippen molar-refractivity contribution in [1.29, 1.82) is 0 Å². The van der Waals surface area contributed by atoms with Crippen LogP contribution in [0.2, 0.25) is 0 Å². The Morgan fingerprint density at radius 1 is 1.21 bits per heavy atom. The van der Waals surface area contributed by atoms with E-state index in [0.717, 1.165) is 19.3 Å². The van der Waals surface area contributed by atoms with Crippen LogP contribution in [0.1, 0.15) is 45.4 Å². The molecule has 2 fully saturated rings. The highest BCUT2D eigenvalue weighted by Crippen LogP contribution is 2.28. The first-order valence-corrected chi connectivity index (χ1v) is 12.4. The van der Waals surface area contributed by atoms with E-state index in [9.17, 15) is 18.0 Å². The van der Waals surface area contributed by atoms with Crippen molar-refractivity contribution >= 4 is 33.2 Å². The summed E-state index contributed by atoms with van der Waals surface area (Å²) in [4.78, 5) is 26.6. The number of rotatable bonds is 6. The number of nitrogens with one attached hydrogen (secondary N) is 1. The summed E-state index contributed by atoms with van der Waals surface area (Å²) in [6.07, 6.45) is 4.21. The maximum Gasteiger partial charge on any atom is 0.252 e. The highest BCUT2D eigenvalue weighted by Gasteiger charge is 2.35. The minimum Gasteiger partial charge on any atom is -0.352 e. The Morgan fingerprint density at radius 2 is 1.96 bits per heavy atom. The molecule has 3 heterocycles. The Hall–Kier alpha value is -1.45. The zero-order valence-electron chi connectivity index (χ0n) is 16.3. The second kappa shape index (κ2) is 9.37. The van der Waals surface area contributed by atoms with Gasteiger partial charge in [-0.15, -0.1) is 11.3 Å². The van der Waals surface area contributed by atoms with Gasteiger partial charge in [-0.1, -0.05) is 13.0 Å². The predicted molar refractivity (Wildman–Crippen MR) is 108 cm³/mol. The van der Waals surface area contributed by atoms with Gasteiger partial charge in [-0.05, 0) is 43.6 Å². The van der Waals surface area contributed by atoms with E-state index in [1.54, 1.807) is 17.5 Å². The zero-order chi connectivity index (χ0) is 20.1. The average molecular weight is 428 g/mol. The Morgan fingerprint density at radius 3 is 2.61 bits per heavy atom. The summed E-state index contributed by atoms with van der Waals surface area (Å²) >= 11 is 1.22. The molecular formula is C19H29N3O4S2. The van der Waals surface area contributed by atoms with Gasteiger partial charge in [-0.2, -0.15) is 4.31 Å². The van der Waals surface area contributed by atoms with Crippen molar-refractivity contribution in [3.8, 4) is 0 Å². The number of hydrogen-bond donors (Lipinski definition) is 1. The van der Waals surface area contributed by atoms with E-state index in [2.05, 4.69) is 5.32 Å². The van der Waals surface area contributed by atoms with Crippen LogP contribution in [0.4, 0.5) is 0 Å². The van der Waals surface area contributed by atoms with Crippen molar-refractivity contribution in [3.05, 3.63) is 17.5 Å². The minimum absolute atomic E-state index is 0.0241. The lowest BCUT2D eigenvalue weighted by Crippen LogP contribution is -2.52. The molecule has 2 amide bonds. The van der Waals surface area contributed by atoms with Gasteiger partial charge >= 0.3 is 0 Å². The van der Waals surface area contributed by atoms with Gasteiger partial charge < -0.3 is 10.2 Å². The summed E-state index contributed by atoms with van der Waals surface area (Å²) < 4.78 is 27.1. The molecular weight excluding hydrogens is 398 g/mol. The molecule has 0 aromatic carbocycles. The van der Waals surface area contributed by atoms with Crippen LogP contribution in [0.3, 0.4) is 0 Å². The van der Waals surface area contributed by atoms with Crippen LogP contribution in [0, 0.1) is 5.92 Å². The zero-order valence-corrected chi connectivity index (χ0v) is 17.9. The molecule has 2 saturated heterocycles. The Kier molecular flexibility index (Phi) is 7.11. The molecule has 0 bridgehead atoms. The number of hydrogen-bond acceptors (Lipinski definition) is 5. The lowest BCUT2D eigenvalue weighted by atomic mass is 9.95. The molecule has 0 saturated carbocycles. The van der Waals surface area contributed by atoms with E-state index < -0.39 is 10.0 Å². The lowest BCUT2D eigenvalue weighted by molar-refractivity contribution is -0.138. The SMILES string of the molecule is CCCC(=O)NC1CCCN(C(=O)C2CCN(S(=O)(=O)c3cccs3)CC2)C1. The van der Waals surface area contributed by atoms with E-state index in [4.69, 9.17) is 0 Å². The van der Waals surface area contributed by atoms with Crippen LogP contribution in [-0.4, -0.2) is 61.7 Å². The fourth-order valence-electron chi connectivity index (χ4n) is 3.96. The highest BCUT2D eigenvalue weighted by molar-refractivity contribution is 7.91. The molecule has 2 aliphatic rings. The molecule has 156 valence electrons. The van der Waals surface area contributed by atoms with Gasteiger partial charge in [0.1, 0.15) is 4.21 Å². The molecule has 1 aromatic heterocycles. The minimum atomic E-state index is -3.44.